The number of nitrogens with zero attached hydrogens (tertiary/aromatic N) is 3. The molecule has 2 aromatic carbocycles. The smallest absolute Gasteiger partial charge is 0.322 e. The first-order chi connectivity index (χ1) is 15.5. The third kappa shape index (κ3) is 4.29. The van der Waals surface area contributed by atoms with Crippen molar-refractivity contribution >= 4 is 11.6 Å². The van der Waals surface area contributed by atoms with Crippen LogP contribution in [0.4, 0.5) is 4.79 Å². The molecule has 0 saturated carbocycles. The van der Waals surface area contributed by atoms with Crippen LogP contribution in [0, 0.1) is 6.92 Å². The van der Waals surface area contributed by atoms with E-state index in [1.807, 2.05) is 50.2 Å². The summed E-state index contributed by atoms with van der Waals surface area (Å²) in [6.07, 6.45) is 0.971. The van der Waals surface area contributed by atoms with Crippen LogP contribution >= 0.6 is 0 Å². The summed E-state index contributed by atoms with van der Waals surface area (Å²) in [6.45, 7) is 6.91. The fourth-order valence-corrected chi connectivity index (χ4v) is 3.86. The Morgan fingerprint density at radius 3 is 2.47 bits per heavy atom. The van der Waals surface area contributed by atoms with Gasteiger partial charge in [0.25, 0.3) is 5.89 Å². The van der Waals surface area contributed by atoms with Gasteiger partial charge in [-0.15, -0.1) is 0 Å². The SMILES string of the molecule is CCc1ccc(-c2noc(C3=C(C)N(CCOC)C(=O)NC3c3ccc(C)cc3)n2)cc1. The summed E-state index contributed by atoms with van der Waals surface area (Å²) in [4.78, 5) is 19.2. The minimum atomic E-state index is -0.391. The maximum absolute atomic E-state index is 12.9. The normalized spacial score (nSPS) is 16.4. The molecule has 1 aliphatic heterocycles. The van der Waals surface area contributed by atoms with Crippen LogP contribution in [0.1, 0.15) is 42.5 Å². The van der Waals surface area contributed by atoms with E-state index in [0.29, 0.717) is 24.9 Å². The molecule has 166 valence electrons. The number of nitrogens with one attached hydrogen (secondary N) is 1. The molecule has 0 aliphatic carbocycles. The summed E-state index contributed by atoms with van der Waals surface area (Å²) in [6, 6.07) is 15.6. The molecule has 1 aromatic heterocycles. The Balaban J connectivity index is 1.76. The monoisotopic (exact) mass is 432 g/mol. The number of hydrogen-bond donors (Lipinski definition) is 1. The maximum atomic E-state index is 12.9. The molecule has 7 heteroatoms. The van der Waals surface area contributed by atoms with Gasteiger partial charge in [-0.3, -0.25) is 4.90 Å². The average Bonchev–Trinajstić information content (AvgIpc) is 3.29. The molecule has 2 amide bonds. The molecule has 0 radical (unpaired) electrons. The Hall–Kier alpha value is -3.45. The molecular weight excluding hydrogens is 404 g/mol. The lowest BCUT2D eigenvalue weighted by Gasteiger charge is -2.35. The van der Waals surface area contributed by atoms with E-state index in [0.717, 1.165) is 34.4 Å². The van der Waals surface area contributed by atoms with Gasteiger partial charge in [-0.1, -0.05) is 66.2 Å². The number of rotatable bonds is 7. The van der Waals surface area contributed by atoms with Crippen molar-refractivity contribution in [3.05, 3.63) is 76.8 Å². The second-order valence-electron chi connectivity index (χ2n) is 7.91. The zero-order chi connectivity index (χ0) is 22.7. The topological polar surface area (TPSA) is 80.5 Å². The summed E-state index contributed by atoms with van der Waals surface area (Å²) in [5.41, 5.74) is 5.80. The standard InChI is InChI=1S/C25H28N4O3/c1-5-18-8-12-20(13-9-18)23-27-24(32-28-23)21-17(3)29(14-15-31-4)25(30)26-22(21)19-10-6-16(2)7-11-19/h6-13,22H,5,14-15H2,1-4H3,(H,26,30). The molecule has 0 bridgehead atoms. The quantitative estimate of drug-likeness (QED) is 0.583. The Labute approximate surface area is 188 Å². The van der Waals surface area contributed by atoms with Crippen molar-refractivity contribution in [3.63, 3.8) is 0 Å². The lowest BCUT2D eigenvalue weighted by Crippen LogP contribution is -2.47. The first kappa shape index (κ1) is 21.8. The van der Waals surface area contributed by atoms with Gasteiger partial charge in [-0.25, -0.2) is 4.79 Å². The molecule has 0 fully saturated rings. The molecule has 1 aliphatic rings. The molecule has 1 unspecified atom stereocenters. The maximum Gasteiger partial charge on any atom is 0.322 e. The van der Waals surface area contributed by atoms with E-state index in [1.165, 1.54) is 5.56 Å². The first-order valence-corrected chi connectivity index (χ1v) is 10.8. The molecule has 32 heavy (non-hydrogen) atoms. The number of aromatic nitrogens is 2. The number of urea groups is 1. The van der Waals surface area contributed by atoms with Crippen molar-refractivity contribution in [2.24, 2.45) is 0 Å². The van der Waals surface area contributed by atoms with Gasteiger partial charge < -0.3 is 14.6 Å². The van der Waals surface area contributed by atoms with Gasteiger partial charge in [0.1, 0.15) is 0 Å². The molecule has 3 aromatic rings. The van der Waals surface area contributed by atoms with Crippen molar-refractivity contribution in [2.45, 2.75) is 33.2 Å². The van der Waals surface area contributed by atoms with Gasteiger partial charge in [0, 0.05) is 18.4 Å². The van der Waals surface area contributed by atoms with Crippen LogP contribution in [0.2, 0.25) is 0 Å². The number of aryl methyl sites for hydroxylation is 2. The van der Waals surface area contributed by atoms with E-state index in [4.69, 9.17) is 14.2 Å². The van der Waals surface area contributed by atoms with E-state index < -0.39 is 6.04 Å². The van der Waals surface area contributed by atoms with Crippen molar-refractivity contribution < 1.29 is 14.1 Å². The third-order valence-corrected chi connectivity index (χ3v) is 5.80. The number of carbonyl (C=O) groups is 1. The van der Waals surface area contributed by atoms with Crippen molar-refractivity contribution in [3.8, 4) is 11.4 Å². The van der Waals surface area contributed by atoms with Gasteiger partial charge in [0.2, 0.25) is 5.82 Å². The summed E-state index contributed by atoms with van der Waals surface area (Å²) in [5, 5.41) is 7.32. The highest BCUT2D eigenvalue weighted by Crippen LogP contribution is 2.37. The summed E-state index contributed by atoms with van der Waals surface area (Å²) >= 11 is 0. The Kier molecular flexibility index (Phi) is 6.37. The Morgan fingerprint density at radius 2 is 1.81 bits per heavy atom. The van der Waals surface area contributed by atoms with E-state index in [9.17, 15) is 4.79 Å². The van der Waals surface area contributed by atoms with Crippen LogP contribution in [0.25, 0.3) is 17.0 Å². The van der Waals surface area contributed by atoms with Gasteiger partial charge in [0.05, 0.1) is 24.8 Å². The number of carbonyl (C=O) groups excluding carboxylic acids is 1. The predicted molar refractivity (Wildman–Crippen MR) is 123 cm³/mol. The number of ether oxygens (including phenoxy) is 1. The average molecular weight is 433 g/mol. The van der Waals surface area contributed by atoms with Crippen molar-refractivity contribution in [2.75, 3.05) is 20.3 Å². The van der Waals surface area contributed by atoms with Crippen LogP contribution in [-0.4, -0.2) is 41.3 Å². The molecule has 4 rings (SSSR count). The van der Waals surface area contributed by atoms with Gasteiger partial charge in [-0.2, -0.15) is 4.98 Å². The van der Waals surface area contributed by atoms with Crippen LogP contribution in [0.15, 0.2) is 58.8 Å². The number of hydrogen-bond acceptors (Lipinski definition) is 5. The van der Waals surface area contributed by atoms with E-state index in [1.54, 1.807) is 12.0 Å². The predicted octanol–water partition coefficient (Wildman–Crippen LogP) is 4.75. The lowest BCUT2D eigenvalue weighted by atomic mass is 9.94. The summed E-state index contributed by atoms with van der Waals surface area (Å²) in [5.74, 6) is 0.913. The minimum Gasteiger partial charge on any atom is -0.383 e. The Bertz CT molecular complexity index is 1120. The van der Waals surface area contributed by atoms with Crippen LogP contribution in [0.3, 0.4) is 0 Å². The molecule has 0 spiro atoms. The number of benzene rings is 2. The fourth-order valence-electron chi connectivity index (χ4n) is 3.86. The summed E-state index contributed by atoms with van der Waals surface area (Å²) in [7, 11) is 1.62. The number of methoxy groups -OCH3 is 1. The second-order valence-corrected chi connectivity index (χ2v) is 7.91. The molecule has 2 heterocycles. The van der Waals surface area contributed by atoms with Gasteiger partial charge >= 0.3 is 6.03 Å². The zero-order valence-electron chi connectivity index (χ0n) is 18.9. The van der Waals surface area contributed by atoms with Crippen LogP contribution in [0.5, 0.6) is 0 Å². The largest absolute Gasteiger partial charge is 0.383 e. The van der Waals surface area contributed by atoms with Crippen LogP contribution < -0.4 is 5.32 Å². The summed E-state index contributed by atoms with van der Waals surface area (Å²) < 4.78 is 10.9. The molecular formula is C25H28N4O3. The highest BCUT2D eigenvalue weighted by molar-refractivity contribution is 5.86. The third-order valence-electron chi connectivity index (χ3n) is 5.80. The van der Waals surface area contributed by atoms with E-state index in [-0.39, 0.29) is 6.03 Å². The zero-order valence-corrected chi connectivity index (χ0v) is 18.9. The van der Waals surface area contributed by atoms with E-state index in [2.05, 4.69) is 29.5 Å². The van der Waals surface area contributed by atoms with Crippen molar-refractivity contribution in [1.82, 2.24) is 20.4 Å². The second kappa shape index (κ2) is 9.36. The van der Waals surface area contributed by atoms with Crippen LogP contribution in [-0.2, 0) is 11.2 Å². The fraction of sp³-hybridized carbons (Fsp3) is 0.320. The first-order valence-electron chi connectivity index (χ1n) is 10.8. The van der Waals surface area contributed by atoms with Gasteiger partial charge in [-0.05, 0) is 31.4 Å². The van der Waals surface area contributed by atoms with E-state index >= 15 is 0 Å². The highest BCUT2D eigenvalue weighted by atomic mass is 16.5. The Morgan fingerprint density at radius 1 is 1.09 bits per heavy atom. The highest BCUT2D eigenvalue weighted by Gasteiger charge is 2.35. The lowest BCUT2D eigenvalue weighted by molar-refractivity contribution is 0.158. The molecule has 1 atom stereocenters. The number of allylic oxidation sites excluding steroid dienone is 1. The molecule has 7 nitrogen and oxygen atoms in total. The molecule has 1 N–H and O–H groups in total. The van der Waals surface area contributed by atoms with Gasteiger partial charge in [0.15, 0.2) is 0 Å². The minimum absolute atomic E-state index is 0.177. The number of amides is 2. The molecule has 0 saturated heterocycles. The van der Waals surface area contributed by atoms with Crippen molar-refractivity contribution in [1.29, 1.82) is 0 Å².